The molecule has 3 rings (SSSR count). The Morgan fingerprint density at radius 1 is 1.19 bits per heavy atom. The third kappa shape index (κ3) is 2.96. The number of pyridine rings is 1. The maximum atomic E-state index is 4.84. The van der Waals surface area contributed by atoms with Crippen LogP contribution in [0.15, 0.2) is 42.6 Å². The first-order valence-electron chi connectivity index (χ1n) is 7.34. The van der Waals surface area contributed by atoms with Gasteiger partial charge < -0.3 is 5.32 Å². The van der Waals surface area contributed by atoms with Crippen LogP contribution < -0.4 is 5.32 Å². The van der Waals surface area contributed by atoms with E-state index in [0.29, 0.717) is 0 Å². The number of fused-ring (bicyclic) bond motifs is 1. The molecule has 0 saturated carbocycles. The van der Waals surface area contributed by atoms with Crippen LogP contribution in [0, 0.1) is 0 Å². The Kier molecular flexibility index (Phi) is 4.27. The molecule has 1 N–H and O–H groups in total. The monoisotopic (exact) mass is 297 g/mol. The average molecular weight is 297 g/mol. The van der Waals surface area contributed by atoms with E-state index < -0.39 is 0 Å². The number of nitrogens with zero attached hydrogens (tertiary/aromatic N) is 2. The highest BCUT2D eigenvalue weighted by molar-refractivity contribution is 7.18. The fourth-order valence-corrected chi connectivity index (χ4v) is 3.29. The number of benzene rings is 1. The van der Waals surface area contributed by atoms with Crippen molar-refractivity contribution < 1.29 is 0 Å². The zero-order chi connectivity index (χ0) is 14.7. The Balaban J connectivity index is 2.02. The molecule has 1 unspecified atom stereocenters. The second-order valence-electron chi connectivity index (χ2n) is 5.11. The number of hydrogen-bond acceptors (Lipinski definition) is 4. The molecule has 21 heavy (non-hydrogen) atoms. The number of rotatable bonds is 5. The van der Waals surface area contributed by atoms with Gasteiger partial charge in [-0.25, -0.2) is 9.97 Å². The fraction of sp³-hybridized carbons (Fsp3) is 0.294. The molecule has 0 aliphatic heterocycles. The molecule has 4 heteroatoms. The molecule has 2 aromatic heterocycles. The first kappa shape index (κ1) is 14.2. The molecule has 0 aliphatic rings. The molecular formula is C17H19N3S. The van der Waals surface area contributed by atoms with Crippen LogP contribution in [0.3, 0.4) is 0 Å². The highest BCUT2D eigenvalue weighted by Gasteiger charge is 2.14. The van der Waals surface area contributed by atoms with E-state index in [4.69, 9.17) is 4.98 Å². The fourth-order valence-electron chi connectivity index (χ4n) is 2.33. The molecule has 1 aromatic carbocycles. The molecule has 0 fully saturated rings. The van der Waals surface area contributed by atoms with E-state index in [2.05, 4.69) is 48.4 Å². The summed E-state index contributed by atoms with van der Waals surface area (Å²) in [6, 6.07) is 12.7. The quantitative estimate of drug-likeness (QED) is 0.757. The summed E-state index contributed by atoms with van der Waals surface area (Å²) in [7, 11) is 0. The van der Waals surface area contributed by atoms with E-state index in [9.17, 15) is 0 Å². The molecule has 1 atom stereocenters. The third-order valence-electron chi connectivity index (χ3n) is 3.47. The van der Waals surface area contributed by atoms with E-state index in [1.807, 2.05) is 18.3 Å². The minimum Gasteiger partial charge on any atom is -0.308 e. The van der Waals surface area contributed by atoms with Crippen molar-refractivity contribution in [2.24, 2.45) is 0 Å². The van der Waals surface area contributed by atoms with E-state index in [1.165, 1.54) is 5.56 Å². The maximum absolute atomic E-state index is 4.84. The Labute approximate surface area is 129 Å². The summed E-state index contributed by atoms with van der Waals surface area (Å²) in [4.78, 5) is 10.3. The topological polar surface area (TPSA) is 37.8 Å². The first-order valence-corrected chi connectivity index (χ1v) is 8.15. The van der Waals surface area contributed by atoms with E-state index in [1.54, 1.807) is 11.3 Å². The van der Waals surface area contributed by atoms with Crippen molar-refractivity contribution in [2.45, 2.75) is 26.3 Å². The zero-order valence-electron chi connectivity index (χ0n) is 12.3. The van der Waals surface area contributed by atoms with Crippen molar-refractivity contribution in [2.75, 3.05) is 6.54 Å². The Morgan fingerprint density at radius 2 is 2.00 bits per heavy atom. The smallest absolute Gasteiger partial charge is 0.144 e. The van der Waals surface area contributed by atoms with Gasteiger partial charge in [-0.2, -0.15) is 0 Å². The van der Waals surface area contributed by atoms with Gasteiger partial charge in [0.1, 0.15) is 15.4 Å². The van der Waals surface area contributed by atoms with Crippen LogP contribution in [0.2, 0.25) is 0 Å². The predicted octanol–water partition coefficient (Wildman–Crippen LogP) is 4.42. The lowest BCUT2D eigenvalue weighted by Crippen LogP contribution is -2.18. The molecule has 3 nitrogen and oxygen atoms in total. The summed E-state index contributed by atoms with van der Waals surface area (Å²) in [6.45, 7) is 5.35. The van der Waals surface area contributed by atoms with Crippen molar-refractivity contribution in [3.8, 4) is 11.1 Å². The summed E-state index contributed by atoms with van der Waals surface area (Å²) < 4.78 is 0. The lowest BCUT2D eigenvalue weighted by molar-refractivity contribution is 0.569. The molecule has 0 aliphatic carbocycles. The molecule has 2 heterocycles. The van der Waals surface area contributed by atoms with Crippen LogP contribution in [-0.2, 0) is 0 Å². The van der Waals surface area contributed by atoms with Gasteiger partial charge in [0.25, 0.3) is 0 Å². The lowest BCUT2D eigenvalue weighted by atomic mass is 10.1. The first-order chi connectivity index (χ1) is 10.3. The largest absolute Gasteiger partial charge is 0.308 e. The van der Waals surface area contributed by atoms with E-state index in [0.717, 1.165) is 33.9 Å². The van der Waals surface area contributed by atoms with Crippen molar-refractivity contribution in [3.63, 3.8) is 0 Å². The van der Waals surface area contributed by atoms with Gasteiger partial charge in [0.15, 0.2) is 0 Å². The van der Waals surface area contributed by atoms with Gasteiger partial charge in [-0.3, -0.25) is 0 Å². The van der Waals surface area contributed by atoms with E-state index in [-0.39, 0.29) is 6.04 Å². The van der Waals surface area contributed by atoms with Crippen molar-refractivity contribution >= 4 is 21.7 Å². The molecule has 0 radical (unpaired) electrons. The van der Waals surface area contributed by atoms with Crippen LogP contribution in [0.5, 0.6) is 0 Å². The SMILES string of the molecule is CCCNC(C)c1nc2c(-c3ccccc3)ccnc2s1. The average Bonchev–Trinajstić information content (AvgIpc) is 2.97. The number of aromatic nitrogens is 2. The van der Waals surface area contributed by atoms with Crippen LogP contribution in [-0.4, -0.2) is 16.5 Å². The molecule has 108 valence electrons. The van der Waals surface area contributed by atoms with Crippen LogP contribution in [0.4, 0.5) is 0 Å². The predicted molar refractivity (Wildman–Crippen MR) is 89.6 cm³/mol. The third-order valence-corrected chi connectivity index (χ3v) is 4.62. The molecular weight excluding hydrogens is 278 g/mol. The lowest BCUT2D eigenvalue weighted by Gasteiger charge is -2.08. The summed E-state index contributed by atoms with van der Waals surface area (Å²) >= 11 is 1.68. The highest BCUT2D eigenvalue weighted by Crippen LogP contribution is 2.32. The summed E-state index contributed by atoms with van der Waals surface area (Å²) in [6.07, 6.45) is 3.00. The Hall–Kier alpha value is -1.78. The minimum atomic E-state index is 0.271. The summed E-state index contributed by atoms with van der Waals surface area (Å²) in [5.74, 6) is 0. The number of thiazole rings is 1. The zero-order valence-corrected chi connectivity index (χ0v) is 13.2. The minimum absolute atomic E-state index is 0.271. The van der Waals surface area contributed by atoms with Gasteiger partial charge in [-0.05, 0) is 31.5 Å². The second-order valence-corrected chi connectivity index (χ2v) is 6.12. The molecule has 0 spiro atoms. The van der Waals surface area contributed by atoms with Gasteiger partial charge >= 0.3 is 0 Å². The standard InChI is InChI=1S/C17H19N3S/c1-3-10-18-12(2)16-20-15-14(9-11-19-17(15)21-16)13-7-5-4-6-8-13/h4-9,11-12,18H,3,10H2,1-2H3. The Bertz CT molecular complexity index is 721. The molecule has 0 bridgehead atoms. The van der Waals surface area contributed by atoms with Crippen LogP contribution in [0.1, 0.15) is 31.3 Å². The van der Waals surface area contributed by atoms with Gasteiger partial charge in [-0.1, -0.05) is 48.6 Å². The summed E-state index contributed by atoms with van der Waals surface area (Å²) in [5, 5.41) is 4.59. The van der Waals surface area contributed by atoms with Crippen molar-refractivity contribution in [3.05, 3.63) is 47.6 Å². The number of nitrogens with one attached hydrogen (secondary N) is 1. The van der Waals surface area contributed by atoms with Gasteiger partial charge in [0.05, 0.1) is 6.04 Å². The van der Waals surface area contributed by atoms with Crippen molar-refractivity contribution in [1.29, 1.82) is 0 Å². The second kappa shape index (κ2) is 6.33. The van der Waals surface area contributed by atoms with Gasteiger partial charge in [0, 0.05) is 11.8 Å². The summed E-state index contributed by atoms with van der Waals surface area (Å²) in [5.41, 5.74) is 3.36. The van der Waals surface area contributed by atoms with Crippen LogP contribution >= 0.6 is 11.3 Å². The van der Waals surface area contributed by atoms with Crippen molar-refractivity contribution in [1.82, 2.24) is 15.3 Å². The van der Waals surface area contributed by atoms with Gasteiger partial charge in [-0.15, -0.1) is 0 Å². The molecule has 3 aromatic rings. The maximum Gasteiger partial charge on any atom is 0.144 e. The molecule has 0 saturated heterocycles. The normalized spacial score (nSPS) is 12.7. The Morgan fingerprint density at radius 3 is 2.76 bits per heavy atom. The van der Waals surface area contributed by atoms with Gasteiger partial charge in [0.2, 0.25) is 0 Å². The van der Waals surface area contributed by atoms with E-state index >= 15 is 0 Å². The number of hydrogen-bond donors (Lipinski definition) is 1. The van der Waals surface area contributed by atoms with Crippen LogP contribution in [0.25, 0.3) is 21.5 Å². The molecule has 0 amide bonds. The highest BCUT2D eigenvalue weighted by atomic mass is 32.1.